The first-order valence-corrected chi connectivity index (χ1v) is 9.83. The number of amides is 2. The van der Waals surface area contributed by atoms with Crippen molar-refractivity contribution in [2.75, 3.05) is 9.96 Å². The molecule has 5 nitrogen and oxygen atoms in total. The standard InChI is InChI=1S/C23H16ClFN2O3/c24-16-11-5-7-13-18(16)26-22(28)19-20(15-10-4-6-12-17(15)25)27(30-21(19)23(26)29)14-8-2-1-3-9-14/h1-13,19-21H/t19-,20-,21-/m1/s1. The van der Waals surface area contributed by atoms with Gasteiger partial charge in [0.15, 0.2) is 6.10 Å². The molecule has 5 rings (SSSR count). The number of halogens is 2. The fourth-order valence-electron chi connectivity index (χ4n) is 4.11. The molecule has 3 aromatic rings. The number of hydroxylamine groups is 1. The highest BCUT2D eigenvalue weighted by Crippen LogP contribution is 2.48. The third kappa shape index (κ3) is 2.80. The first-order valence-electron chi connectivity index (χ1n) is 9.46. The highest BCUT2D eigenvalue weighted by Gasteiger charge is 2.60. The summed E-state index contributed by atoms with van der Waals surface area (Å²) < 4.78 is 14.8. The van der Waals surface area contributed by atoms with Gasteiger partial charge in [0.25, 0.3) is 5.91 Å². The van der Waals surface area contributed by atoms with Crippen molar-refractivity contribution in [3.8, 4) is 0 Å². The average Bonchev–Trinajstić information content (AvgIpc) is 3.26. The lowest BCUT2D eigenvalue weighted by atomic mass is 9.90. The summed E-state index contributed by atoms with van der Waals surface area (Å²) in [6.07, 6.45) is -1.07. The number of rotatable bonds is 3. The van der Waals surface area contributed by atoms with Gasteiger partial charge in [-0.15, -0.1) is 0 Å². The Morgan fingerprint density at radius 3 is 2.23 bits per heavy atom. The van der Waals surface area contributed by atoms with Crippen LogP contribution in [-0.4, -0.2) is 17.9 Å². The van der Waals surface area contributed by atoms with Crippen LogP contribution in [0.4, 0.5) is 15.8 Å². The van der Waals surface area contributed by atoms with Gasteiger partial charge in [-0.1, -0.05) is 60.1 Å². The van der Waals surface area contributed by atoms with Gasteiger partial charge in [0.1, 0.15) is 11.7 Å². The van der Waals surface area contributed by atoms with Crippen LogP contribution in [0.1, 0.15) is 11.6 Å². The first-order chi connectivity index (χ1) is 14.6. The molecule has 0 saturated carbocycles. The van der Waals surface area contributed by atoms with Crippen molar-refractivity contribution >= 4 is 34.8 Å². The summed E-state index contributed by atoms with van der Waals surface area (Å²) in [5.41, 5.74) is 1.21. The van der Waals surface area contributed by atoms with Gasteiger partial charge in [0.2, 0.25) is 5.91 Å². The molecule has 0 aliphatic carbocycles. The summed E-state index contributed by atoms with van der Waals surface area (Å²) in [5, 5.41) is 1.74. The quantitative estimate of drug-likeness (QED) is 0.582. The van der Waals surface area contributed by atoms with Crippen molar-refractivity contribution in [1.82, 2.24) is 0 Å². The van der Waals surface area contributed by atoms with Crippen molar-refractivity contribution in [2.24, 2.45) is 5.92 Å². The molecule has 0 N–H and O–H groups in total. The van der Waals surface area contributed by atoms with Crippen molar-refractivity contribution in [1.29, 1.82) is 0 Å². The van der Waals surface area contributed by atoms with Gasteiger partial charge in [0, 0.05) is 5.56 Å². The van der Waals surface area contributed by atoms with Crippen molar-refractivity contribution in [3.63, 3.8) is 0 Å². The lowest BCUT2D eigenvalue weighted by molar-refractivity contribution is -0.126. The number of hydrogen-bond acceptors (Lipinski definition) is 4. The van der Waals surface area contributed by atoms with Crippen LogP contribution in [0, 0.1) is 11.7 Å². The summed E-state index contributed by atoms with van der Waals surface area (Å²) in [7, 11) is 0. The maximum Gasteiger partial charge on any atom is 0.266 e. The second-order valence-electron chi connectivity index (χ2n) is 7.14. The predicted molar refractivity (Wildman–Crippen MR) is 110 cm³/mol. The Balaban J connectivity index is 1.62. The maximum absolute atomic E-state index is 14.8. The minimum atomic E-state index is -1.07. The van der Waals surface area contributed by atoms with Gasteiger partial charge in [-0.3, -0.25) is 14.4 Å². The normalized spacial score (nSPS) is 23.2. The first kappa shape index (κ1) is 18.8. The highest BCUT2D eigenvalue weighted by atomic mass is 35.5. The predicted octanol–water partition coefficient (Wildman–Crippen LogP) is 4.53. The van der Waals surface area contributed by atoms with E-state index in [0.29, 0.717) is 11.4 Å². The minimum absolute atomic E-state index is 0.279. The maximum atomic E-state index is 14.8. The molecular weight excluding hydrogens is 407 g/mol. The number of anilines is 2. The Labute approximate surface area is 177 Å². The lowest BCUT2D eigenvalue weighted by Crippen LogP contribution is -2.37. The summed E-state index contributed by atoms with van der Waals surface area (Å²) in [6.45, 7) is 0. The number of benzene rings is 3. The number of fused-ring (bicyclic) bond motifs is 1. The molecule has 2 amide bonds. The molecule has 30 heavy (non-hydrogen) atoms. The largest absolute Gasteiger partial charge is 0.273 e. The van der Waals surface area contributed by atoms with E-state index in [1.807, 2.05) is 18.2 Å². The third-order valence-electron chi connectivity index (χ3n) is 5.44. The fraction of sp³-hybridized carbons (Fsp3) is 0.130. The van der Waals surface area contributed by atoms with E-state index < -0.39 is 35.7 Å². The summed E-state index contributed by atoms with van der Waals surface area (Å²) in [6, 6.07) is 21.1. The van der Waals surface area contributed by atoms with E-state index in [1.165, 1.54) is 11.1 Å². The molecule has 0 unspecified atom stereocenters. The Morgan fingerprint density at radius 1 is 0.833 bits per heavy atom. The zero-order valence-electron chi connectivity index (χ0n) is 15.6. The summed E-state index contributed by atoms with van der Waals surface area (Å²) in [5.74, 6) is -2.36. The number of imide groups is 1. The smallest absolute Gasteiger partial charge is 0.266 e. The number of nitrogens with zero attached hydrogens (tertiary/aromatic N) is 2. The van der Waals surface area contributed by atoms with Crippen LogP contribution in [0.15, 0.2) is 78.9 Å². The number of hydrogen-bond donors (Lipinski definition) is 0. The van der Waals surface area contributed by atoms with Crippen molar-refractivity contribution in [2.45, 2.75) is 12.1 Å². The van der Waals surface area contributed by atoms with Crippen LogP contribution in [0.5, 0.6) is 0 Å². The van der Waals surface area contributed by atoms with Gasteiger partial charge in [-0.25, -0.2) is 14.4 Å². The molecule has 7 heteroatoms. The fourth-order valence-corrected chi connectivity index (χ4v) is 4.33. The number of carbonyl (C=O) groups excluding carboxylic acids is 2. The highest BCUT2D eigenvalue weighted by molar-refractivity contribution is 6.36. The monoisotopic (exact) mass is 422 g/mol. The molecule has 0 spiro atoms. The van der Waals surface area contributed by atoms with E-state index in [1.54, 1.807) is 54.6 Å². The molecule has 2 saturated heterocycles. The Morgan fingerprint density at radius 2 is 1.50 bits per heavy atom. The second-order valence-corrected chi connectivity index (χ2v) is 7.55. The molecule has 2 fully saturated rings. The van der Waals surface area contributed by atoms with Crippen LogP contribution in [0.3, 0.4) is 0 Å². The Bertz CT molecular complexity index is 1140. The zero-order valence-corrected chi connectivity index (χ0v) is 16.4. The van der Waals surface area contributed by atoms with Gasteiger partial charge in [-0.2, -0.15) is 0 Å². The molecule has 0 bridgehead atoms. The molecule has 2 aliphatic heterocycles. The molecule has 2 aliphatic rings. The average molecular weight is 423 g/mol. The SMILES string of the molecule is O=C1[C@@H]2[C@@H](c3ccccc3F)N(c3ccccc3)O[C@H]2C(=O)N1c1ccccc1Cl. The topological polar surface area (TPSA) is 49.9 Å². The van der Waals surface area contributed by atoms with Crippen LogP contribution in [0.25, 0.3) is 0 Å². The Hall–Kier alpha value is -3.22. The van der Waals surface area contributed by atoms with E-state index in [4.69, 9.17) is 16.4 Å². The summed E-state index contributed by atoms with van der Waals surface area (Å²) in [4.78, 5) is 33.7. The molecule has 0 aromatic heterocycles. The van der Waals surface area contributed by atoms with Gasteiger partial charge in [-0.05, 0) is 30.3 Å². The molecule has 3 aromatic carbocycles. The Kier molecular flexibility index (Phi) is 4.53. The number of para-hydroxylation sites is 2. The van der Waals surface area contributed by atoms with Crippen molar-refractivity contribution in [3.05, 3.63) is 95.3 Å². The van der Waals surface area contributed by atoms with Gasteiger partial charge in [0.05, 0.1) is 22.4 Å². The minimum Gasteiger partial charge on any atom is -0.273 e. The van der Waals surface area contributed by atoms with E-state index >= 15 is 0 Å². The number of carbonyl (C=O) groups is 2. The van der Waals surface area contributed by atoms with Crippen molar-refractivity contribution < 1.29 is 18.8 Å². The van der Waals surface area contributed by atoms with E-state index in [-0.39, 0.29) is 10.6 Å². The van der Waals surface area contributed by atoms with Crippen LogP contribution in [-0.2, 0) is 14.4 Å². The molecule has 0 radical (unpaired) electrons. The van der Waals surface area contributed by atoms with E-state index in [0.717, 1.165) is 4.90 Å². The lowest BCUT2D eigenvalue weighted by Gasteiger charge is -2.29. The van der Waals surface area contributed by atoms with Crippen LogP contribution in [0.2, 0.25) is 5.02 Å². The van der Waals surface area contributed by atoms with Gasteiger partial charge < -0.3 is 0 Å². The molecule has 2 heterocycles. The zero-order chi connectivity index (χ0) is 20.8. The van der Waals surface area contributed by atoms with Crippen LogP contribution < -0.4 is 9.96 Å². The van der Waals surface area contributed by atoms with E-state index in [9.17, 15) is 14.0 Å². The molecule has 3 atom stereocenters. The molecular formula is C23H16ClFN2O3. The van der Waals surface area contributed by atoms with E-state index in [2.05, 4.69) is 0 Å². The van der Waals surface area contributed by atoms with Crippen LogP contribution >= 0.6 is 11.6 Å². The molecule has 150 valence electrons. The summed E-state index contributed by atoms with van der Waals surface area (Å²) >= 11 is 6.24. The second kappa shape index (κ2) is 7.23. The third-order valence-corrected chi connectivity index (χ3v) is 5.76. The van der Waals surface area contributed by atoms with Gasteiger partial charge >= 0.3 is 0 Å².